The lowest BCUT2D eigenvalue weighted by molar-refractivity contribution is 0.102. The van der Waals surface area contributed by atoms with E-state index in [-0.39, 0.29) is 16.6 Å². The van der Waals surface area contributed by atoms with Gasteiger partial charge in [0, 0.05) is 21.8 Å². The van der Waals surface area contributed by atoms with Crippen LogP contribution in [0.5, 0.6) is 0 Å². The summed E-state index contributed by atoms with van der Waals surface area (Å²) in [5, 5.41) is 11.9. The zero-order valence-electron chi connectivity index (χ0n) is 13.3. The number of benzene rings is 2. The number of thioether (sulfide) groups is 1. The Morgan fingerprint density at radius 1 is 1.23 bits per heavy atom. The molecular weight excluding hydrogens is 392 g/mol. The largest absolute Gasteiger partial charge is 0.411 e. The minimum absolute atomic E-state index is 0.0472. The third-order valence-corrected chi connectivity index (χ3v) is 4.45. The van der Waals surface area contributed by atoms with Crippen LogP contribution >= 0.6 is 35.6 Å². The molecule has 0 radical (unpaired) electrons. The predicted molar refractivity (Wildman–Crippen MR) is 107 cm³/mol. The van der Waals surface area contributed by atoms with Gasteiger partial charge in [0.15, 0.2) is 10.9 Å². The van der Waals surface area contributed by atoms with Gasteiger partial charge in [0.05, 0.1) is 5.75 Å². The summed E-state index contributed by atoms with van der Waals surface area (Å²) in [4.78, 5) is 12.2. The Hall–Kier alpha value is -2.42. The van der Waals surface area contributed by atoms with Crippen molar-refractivity contribution in [2.75, 3.05) is 11.1 Å². The van der Waals surface area contributed by atoms with E-state index in [1.165, 1.54) is 11.8 Å². The van der Waals surface area contributed by atoms with Crippen LogP contribution in [0.15, 0.2) is 58.2 Å². The Morgan fingerprint density at radius 2 is 2.00 bits per heavy atom. The number of thiocarbonyl (C=S) groups is 1. The number of anilines is 1. The van der Waals surface area contributed by atoms with E-state index < -0.39 is 0 Å². The van der Waals surface area contributed by atoms with Gasteiger partial charge < -0.3 is 15.5 Å². The molecule has 6 nitrogen and oxygen atoms in total. The highest BCUT2D eigenvalue weighted by Crippen LogP contribution is 2.25. The highest BCUT2D eigenvalue weighted by atomic mass is 35.5. The molecular formula is C17H13ClN4O2S2. The van der Waals surface area contributed by atoms with Crippen molar-refractivity contribution < 1.29 is 9.21 Å². The molecule has 3 rings (SSSR count). The van der Waals surface area contributed by atoms with Gasteiger partial charge >= 0.3 is 0 Å². The number of nitrogens with zero attached hydrogens (tertiary/aromatic N) is 2. The molecule has 132 valence electrons. The lowest BCUT2D eigenvalue weighted by Crippen LogP contribution is -2.18. The number of aromatic nitrogens is 2. The maximum atomic E-state index is 12.2. The summed E-state index contributed by atoms with van der Waals surface area (Å²) in [6, 6.07) is 14.0. The first kappa shape index (κ1) is 18.4. The number of nitrogens with one attached hydrogen (secondary N) is 1. The zero-order chi connectivity index (χ0) is 18.5. The van der Waals surface area contributed by atoms with Crippen molar-refractivity contribution in [2.45, 2.75) is 5.22 Å². The molecule has 0 saturated carbocycles. The second kappa shape index (κ2) is 8.31. The van der Waals surface area contributed by atoms with Crippen LogP contribution in [-0.4, -0.2) is 26.8 Å². The molecule has 26 heavy (non-hydrogen) atoms. The molecule has 0 aliphatic heterocycles. The Kier molecular flexibility index (Phi) is 5.87. The van der Waals surface area contributed by atoms with E-state index >= 15 is 0 Å². The number of rotatable bonds is 6. The number of ketones is 1. The van der Waals surface area contributed by atoms with Crippen LogP contribution in [0.3, 0.4) is 0 Å². The third-order valence-electron chi connectivity index (χ3n) is 3.28. The van der Waals surface area contributed by atoms with Crippen molar-refractivity contribution >= 4 is 52.2 Å². The van der Waals surface area contributed by atoms with Crippen molar-refractivity contribution in [3.63, 3.8) is 0 Å². The zero-order valence-corrected chi connectivity index (χ0v) is 15.7. The smallest absolute Gasteiger partial charge is 0.277 e. The van der Waals surface area contributed by atoms with Crippen LogP contribution in [0.2, 0.25) is 5.02 Å². The second-order valence-electron chi connectivity index (χ2n) is 5.16. The van der Waals surface area contributed by atoms with Gasteiger partial charge in [-0.05, 0) is 54.7 Å². The average molecular weight is 405 g/mol. The van der Waals surface area contributed by atoms with E-state index in [2.05, 4.69) is 15.5 Å². The number of Topliss-reactive ketones (excluding diaryl/α,β-unsaturated/α-hetero) is 1. The molecule has 9 heteroatoms. The van der Waals surface area contributed by atoms with Crippen LogP contribution < -0.4 is 11.1 Å². The molecule has 3 aromatic rings. The van der Waals surface area contributed by atoms with E-state index in [0.29, 0.717) is 21.7 Å². The van der Waals surface area contributed by atoms with Crippen LogP contribution in [-0.2, 0) is 0 Å². The fraction of sp³-hybridized carbons (Fsp3) is 0.0588. The van der Waals surface area contributed by atoms with Gasteiger partial charge in [0.1, 0.15) is 0 Å². The van der Waals surface area contributed by atoms with E-state index in [9.17, 15) is 4.79 Å². The van der Waals surface area contributed by atoms with Gasteiger partial charge in [-0.1, -0.05) is 29.4 Å². The fourth-order valence-corrected chi connectivity index (χ4v) is 3.00. The average Bonchev–Trinajstić information content (AvgIpc) is 3.09. The van der Waals surface area contributed by atoms with Crippen molar-refractivity contribution in [1.82, 2.24) is 10.2 Å². The quantitative estimate of drug-likeness (QED) is 0.361. The summed E-state index contributed by atoms with van der Waals surface area (Å²) < 4.78 is 5.61. The first-order chi connectivity index (χ1) is 12.5. The summed E-state index contributed by atoms with van der Waals surface area (Å²) in [6.07, 6.45) is 0. The second-order valence-corrected chi connectivity index (χ2v) is 6.96. The van der Waals surface area contributed by atoms with E-state index in [1.807, 2.05) is 18.2 Å². The van der Waals surface area contributed by atoms with Gasteiger partial charge in [-0.2, -0.15) is 0 Å². The fourth-order valence-electron chi connectivity index (χ4n) is 2.10. The van der Waals surface area contributed by atoms with E-state index in [4.69, 9.17) is 34.0 Å². The molecule has 3 N–H and O–H groups in total. The summed E-state index contributed by atoms with van der Waals surface area (Å²) in [7, 11) is 0. The minimum atomic E-state index is -0.0472. The first-order valence-electron chi connectivity index (χ1n) is 7.43. The third kappa shape index (κ3) is 4.81. The van der Waals surface area contributed by atoms with Gasteiger partial charge in [0.25, 0.3) is 5.22 Å². The molecule has 1 heterocycles. The molecule has 0 saturated heterocycles. The van der Waals surface area contributed by atoms with Crippen LogP contribution in [0.4, 0.5) is 5.69 Å². The lowest BCUT2D eigenvalue weighted by atomic mass is 10.1. The maximum absolute atomic E-state index is 12.2. The Labute approximate surface area is 164 Å². The van der Waals surface area contributed by atoms with Crippen molar-refractivity contribution in [1.29, 1.82) is 0 Å². The summed E-state index contributed by atoms with van der Waals surface area (Å²) in [5.74, 6) is 0.485. The maximum Gasteiger partial charge on any atom is 0.277 e. The topological polar surface area (TPSA) is 94.0 Å². The summed E-state index contributed by atoms with van der Waals surface area (Å²) >= 11 is 11.8. The Morgan fingerprint density at radius 3 is 2.73 bits per heavy atom. The lowest BCUT2D eigenvalue weighted by Gasteiger charge is -2.04. The molecule has 1 aromatic heterocycles. The number of hydrogen-bond donors (Lipinski definition) is 2. The van der Waals surface area contributed by atoms with Gasteiger partial charge in [0.2, 0.25) is 5.89 Å². The number of halogens is 1. The standard InChI is InChI=1S/C17H13ClN4O2S2/c18-12-6-4-10(5-7-12)14(23)9-26-17-22-21-15(24-17)11-2-1-3-13(8-11)20-16(19)25/h1-8H,9H2,(H3,19,20,25). The summed E-state index contributed by atoms with van der Waals surface area (Å²) in [5.41, 5.74) is 7.49. The number of hydrogen-bond acceptors (Lipinski definition) is 6. The van der Waals surface area contributed by atoms with Gasteiger partial charge in [-0.15, -0.1) is 10.2 Å². The Bertz CT molecular complexity index is 944. The SMILES string of the molecule is NC(=S)Nc1cccc(-c2nnc(SCC(=O)c3ccc(Cl)cc3)o2)c1. The van der Waals surface area contributed by atoms with Crippen molar-refractivity contribution in [2.24, 2.45) is 5.73 Å². The Balaban J connectivity index is 1.65. The molecule has 0 spiro atoms. The number of nitrogens with two attached hydrogens (primary N) is 1. The number of carbonyl (C=O) groups is 1. The molecule has 0 aliphatic rings. The molecule has 0 amide bonds. The highest BCUT2D eigenvalue weighted by molar-refractivity contribution is 7.99. The van der Waals surface area contributed by atoms with E-state index in [1.54, 1.807) is 30.3 Å². The van der Waals surface area contributed by atoms with Crippen LogP contribution in [0.1, 0.15) is 10.4 Å². The van der Waals surface area contributed by atoms with E-state index in [0.717, 1.165) is 11.3 Å². The monoisotopic (exact) mass is 404 g/mol. The van der Waals surface area contributed by atoms with Crippen molar-refractivity contribution in [3.05, 3.63) is 59.1 Å². The van der Waals surface area contributed by atoms with Gasteiger partial charge in [-0.25, -0.2) is 0 Å². The molecule has 2 aromatic carbocycles. The first-order valence-corrected chi connectivity index (χ1v) is 9.20. The number of carbonyl (C=O) groups excluding carboxylic acids is 1. The highest BCUT2D eigenvalue weighted by Gasteiger charge is 2.13. The van der Waals surface area contributed by atoms with Crippen LogP contribution in [0.25, 0.3) is 11.5 Å². The molecule has 0 unspecified atom stereocenters. The van der Waals surface area contributed by atoms with Crippen molar-refractivity contribution in [3.8, 4) is 11.5 Å². The molecule has 0 atom stereocenters. The molecule has 0 bridgehead atoms. The molecule has 0 aliphatic carbocycles. The van der Waals surface area contributed by atoms with Gasteiger partial charge in [-0.3, -0.25) is 4.79 Å². The predicted octanol–water partition coefficient (Wildman–Crippen LogP) is 4.02. The molecule has 0 fully saturated rings. The van der Waals surface area contributed by atoms with Crippen LogP contribution in [0, 0.1) is 0 Å². The minimum Gasteiger partial charge on any atom is -0.411 e. The summed E-state index contributed by atoms with van der Waals surface area (Å²) in [6.45, 7) is 0. The normalized spacial score (nSPS) is 10.5.